The molecule has 0 aliphatic heterocycles. The Balaban J connectivity index is 2.74. The first-order valence-electron chi connectivity index (χ1n) is 5.22. The molecule has 0 fully saturated rings. The summed E-state index contributed by atoms with van der Waals surface area (Å²) in [7, 11) is 1.44. The smallest absolute Gasteiger partial charge is 0.323 e. The quantitative estimate of drug-likeness (QED) is 0.841. The van der Waals surface area contributed by atoms with Crippen molar-refractivity contribution in [1.29, 1.82) is 0 Å². The van der Waals surface area contributed by atoms with E-state index < -0.39 is 12.0 Å². The number of anilines is 1. The fraction of sp³-hybridized carbons (Fsp3) is 0.333. The number of carbonyl (C=O) groups excluding carboxylic acids is 1. The zero-order valence-corrected chi connectivity index (χ0v) is 10.2. The maximum Gasteiger partial charge on any atom is 0.323 e. The average molecular weight is 236 g/mol. The summed E-state index contributed by atoms with van der Waals surface area (Å²) in [6.07, 6.45) is 0. The van der Waals surface area contributed by atoms with E-state index >= 15 is 0 Å². The first kappa shape index (κ1) is 13.0. The van der Waals surface area contributed by atoms with Gasteiger partial charge in [0.2, 0.25) is 0 Å². The predicted octanol–water partition coefficient (Wildman–Crippen LogP) is 1.85. The van der Waals surface area contributed by atoms with Gasteiger partial charge in [-0.15, -0.1) is 0 Å². The molecule has 0 heterocycles. The predicted molar refractivity (Wildman–Crippen MR) is 65.2 cm³/mol. The zero-order chi connectivity index (χ0) is 13.0. The van der Waals surface area contributed by atoms with Gasteiger partial charge in [0, 0.05) is 12.7 Å². The Kier molecular flexibility index (Phi) is 4.09. The van der Waals surface area contributed by atoms with E-state index in [-0.39, 0.29) is 6.54 Å². The molecular formula is C12H16N2O3. The molecule has 5 nitrogen and oxygen atoms in total. The molecule has 17 heavy (non-hydrogen) atoms. The SMILES string of the molecule is Cc1cccc(NC(=O)N(C)CC(=O)O)c1C. The number of amides is 2. The molecule has 0 aliphatic carbocycles. The van der Waals surface area contributed by atoms with Crippen LogP contribution in [0.1, 0.15) is 11.1 Å². The van der Waals surface area contributed by atoms with Crippen molar-refractivity contribution in [3.05, 3.63) is 29.3 Å². The summed E-state index contributed by atoms with van der Waals surface area (Å²) in [5, 5.41) is 11.3. The fourth-order valence-electron chi connectivity index (χ4n) is 1.37. The molecule has 1 aromatic carbocycles. The van der Waals surface area contributed by atoms with Gasteiger partial charge in [-0.25, -0.2) is 4.79 Å². The summed E-state index contributed by atoms with van der Waals surface area (Å²) in [6.45, 7) is 3.53. The summed E-state index contributed by atoms with van der Waals surface area (Å²) in [5.41, 5.74) is 2.75. The topological polar surface area (TPSA) is 69.6 Å². The second-order valence-corrected chi connectivity index (χ2v) is 3.93. The summed E-state index contributed by atoms with van der Waals surface area (Å²) < 4.78 is 0. The van der Waals surface area contributed by atoms with Crippen molar-refractivity contribution in [2.45, 2.75) is 13.8 Å². The molecule has 5 heteroatoms. The summed E-state index contributed by atoms with van der Waals surface area (Å²) in [5.74, 6) is -1.04. The van der Waals surface area contributed by atoms with Gasteiger partial charge in [-0.3, -0.25) is 4.79 Å². The van der Waals surface area contributed by atoms with Crippen LogP contribution in [0.4, 0.5) is 10.5 Å². The largest absolute Gasteiger partial charge is 0.480 e. The number of carbonyl (C=O) groups is 2. The van der Waals surface area contributed by atoms with Gasteiger partial charge in [-0.2, -0.15) is 0 Å². The van der Waals surface area contributed by atoms with Gasteiger partial charge >= 0.3 is 12.0 Å². The number of rotatable bonds is 3. The minimum Gasteiger partial charge on any atom is -0.480 e. The van der Waals surface area contributed by atoms with Crippen molar-refractivity contribution in [2.75, 3.05) is 18.9 Å². The number of likely N-dealkylation sites (N-methyl/N-ethyl adjacent to an activating group) is 1. The van der Waals surface area contributed by atoms with Crippen molar-refractivity contribution in [1.82, 2.24) is 4.90 Å². The maximum absolute atomic E-state index is 11.7. The van der Waals surface area contributed by atoms with E-state index in [4.69, 9.17) is 5.11 Å². The van der Waals surface area contributed by atoms with Crippen molar-refractivity contribution < 1.29 is 14.7 Å². The van der Waals surface area contributed by atoms with Gasteiger partial charge in [0.15, 0.2) is 0 Å². The molecule has 2 N–H and O–H groups in total. The van der Waals surface area contributed by atoms with Gasteiger partial charge in [0.05, 0.1) is 0 Å². The zero-order valence-electron chi connectivity index (χ0n) is 10.2. The number of urea groups is 1. The van der Waals surface area contributed by atoms with Crippen LogP contribution in [-0.2, 0) is 4.79 Å². The monoisotopic (exact) mass is 236 g/mol. The summed E-state index contributed by atoms with van der Waals surface area (Å²) in [6, 6.07) is 5.15. The van der Waals surface area contributed by atoms with Gasteiger partial charge in [0.1, 0.15) is 6.54 Å². The number of carboxylic acids is 1. The number of aliphatic carboxylic acids is 1. The van der Waals surface area contributed by atoms with Crippen LogP contribution in [0.25, 0.3) is 0 Å². The van der Waals surface area contributed by atoms with Crippen LogP contribution < -0.4 is 5.32 Å². The molecule has 0 radical (unpaired) electrons. The maximum atomic E-state index is 11.7. The number of nitrogens with one attached hydrogen (secondary N) is 1. The second-order valence-electron chi connectivity index (χ2n) is 3.93. The van der Waals surface area contributed by atoms with Crippen molar-refractivity contribution >= 4 is 17.7 Å². The van der Waals surface area contributed by atoms with Crippen LogP contribution in [0.3, 0.4) is 0 Å². The van der Waals surface area contributed by atoms with Crippen LogP contribution in [-0.4, -0.2) is 35.6 Å². The average Bonchev–Trinajstić information content (AvgIpc) is 2.23. The number of nitrogens with zero attached hydrogens (tertiary/aromatic N) is 1. The highest BCUT2D eigenvalue weighted by Crippen LogP contribution is 2.18. The standard InChI is InChI=1S/C12H16N2O3/c1-8-5-4-6-10(9(8)2)13-12(17)14(3)7-11(15)16/h4-6H,7H2,1-3H3,(H,13,17)(H,15,16). The third kappa shape index (κ3) is 3.48. The van der Waals surface area contributed by atoms with Crippen LogP contribution >= 0.6 is 0 Å². The number of aryl methyl sites for hydroxylation is 1. The normalized spacial score (nSPS) is 9.82. The van der Waals surface area contributed by atoms with Crippen molar-refractivity contribution in [3.63, 3.8) is 0 Å². The lowest BCUT2D eigenvalue weighted by atomic mass is 10.1. The highest BCUT2D eigenvalue weighted by molar-refractivity contribution is 5.91. The van der Waals surface area contributed by atoms with Gasteiger partial charge in [-0.05, 0) is 31.0 Å². The van der Waals surface area contributed by atoms with Crippen LogP contribution in [0, 0.1) is 13.8 Å². The molecule has 0 aromatic heterocycles. The van der Waals surface area contributed by atoms with Gasteiger partial charge in [0.25, 0.3) is 0 Å². The Morgan fingerprint density at radius 3 is 2.59 bits per heavy atom. The fourth-order valence-corrected chi connectivity index (χ4v) is 1.37. The van der Waals surface area contributed by atoms with E-state index in [0.717, 1.165) is 16.0 Å². The molecule has 0 saturated heterocycles. The number of hydrogen-bond acceptors (Lipinski definition) is 2. The molecule has 0 spiro atoms. The van der Waals surface area contributed by atoms with Gasteiger partial charge < -0.3 is 15.3 Å². The molecular weight excluding hydrogens is 220 g/mol. The lowest BCUT2D eigenvalue weighted by molar-refractivity contribution is -0.137. The highest BCUT2D eigenvalue weighted by atomic mass is 16.4. The van der Waals surface area contributed by atoms with Crippen molar-refractivity contribution in [3.8, 4) is 0 Å². The molecule has 0 aliphatic rings. The number of benzene rings is 1. The van der Waals surface area contributed by atoms with E-state index in [1.165, 1.54) is 7.05 Å². The van der Waals surface area contributed by atoms with E-state index in [0.29, 0.717) is 5.69 Å². The molecule has 92 valence electrons. The number of hydrogen-bond donors (Lipinski definition) is 2. The third-order valence-corrected chi connectivity index (χ3v) is 2.57. The molecule has 2 amide bonds. The molecule has 0 saturated carbocycles. The van der Waals surface area contributed by atoms with E-state index in [1.807, 2.05) is 26.0 Å². The Hall–Kier alpha value is -2.04. The van der Waals surface area contributed by atoms with E-state index in [9.17, 15) is 9.59 Å². The Bertz CT molecular complexity index is 443. The van der Waals surface area contributed by atoms with Crippen LogP contribution in [0.5, 0.6) is 0 Å². The second kappa shape index (κ2) is 5.34. The molecule has 0 atom stereocenters. The van der Waals surface area contributed by atoms with Crippen molar-refractivity contribution in [2.24, 2.45) is 0 Å². The lowest BCUT2D eigenvalue weighted by Gasteiger charge is -2.17. The lowest BCUT2D eigenvalue weighted by Crippen LogP contribution is -2.35. The van der Waals surface area contributed by atoms with E-state index in [2.05, 4.69) is 5.32 Å². The first-order chi connectivity index (χ1) is 7.91. The number of carboxylic acid groups (broad SMARTS) is 1. The Labute approximate surface area is 100 Å². The molecule has 1 rings (SSSR count). The van der Waals surface area contributed by atoms with Gasteiger partial charge in [-0.1, -0.05) is 12.1 Å². The van der Waals surface area contributed by atoms with Crippen LogP contribution in [0.2, 0.25) is 0 Å². The first-order valence-corrected chi connectivity index (χ1v) is 5.22. The molecule has 1 aromatic rings. The molecule has 0 bridgehead atoms. The minimum absolute atomic E-state index is 0.323. The minimum atomic E-state index is -1.04. The molecule has 0 unspecified atom stereocenters. The third-order valence-electron chi connectivity index (χ3n) is 2.57. The van der Waals surface area contributed by atoms with E-state index in [1.54, 1.807) is 6.07 Å². The Morgan fingerprint density at radius 1 is 1.35 bits per heavy atom. The summed E-state index contributed by atoms with van der Waals surface area (Å²) >= 11 is 0. The van der Waals surface area contributed by atoms with Crippen LogP contribution in [0.15, 0.2) is 18.2 Å². The highest BCUT2D eigenvalue weighted by Gasteiger charge is 2.13. The Morgan fingerprint density at radius 2 is 2.00 bits per heavy atom. The summed E-state index contributed by atoms with van der Waals surface area (Å²) in [4.78, 5) is 23.2.